The van der Waals surface area contributed by atoms with Crippen LogP contribution in [0.5, 0.6) is 0 Å². The van der Waals surface area contributed by atoms with Crippen molar-refractivity contribution in [2.45, 2.75) is 68.1 Å². The minimum Gasteiger partial charge on any atom is -0.480 e. The molecule has 180 valence electrons. The average molecular weight is 492 g/mol. The Hall–Kier alpha value is -2.10. The van der Waals surface area contributed by atoms with Crippen LogP contribution in [0.1, 0.15) is 52.0 Å². The molecule has 0 radical (unpaired) electrons. The first kappa shape index (κ1) is 25.5. The molecule has 1 saturated carbocycles. The summed E-state index contributed by atoms with van der Waals surface area (Å²) in [5.74, 6) is -0.198. The molecule has 2 aromatic rings. The Morgan fingerprint density at radius 1 is 1.24 bits per heavy atom. The van der Waals surface area contributed by atoms with E-state index in [4.69, 9.17) is 4.74 Å². The summed E-state index contributed by atoms with van der Waals surface area (Å²) < 4.78 is 5.64. The molecule has 33 heavy (non-hydrogen) atoms. The molecule has 2 amide bonds. The molecule has 2 N–H and O–H groups in total. The lowest BCUT2D eigenvalue weighted by Gasteiger charge is -2.36. The summed E-state index contributed by atoms with van der Waals surface area (Å²) in [7, 11) is 0. The predicted molar refractivity (Wildman–Crippen MR) is 133 cm³/mol. The lowest BCUT2D eigenvalue weighted by Crippen LogP contribution is -2.46. The predicted octanol–water partition coefficient (Wildman–Crippen LogP) is 5.73. The van der Waals surface area contributed by atoms with Gasteiger partial charge in [-0.25, -0.2) is 9.78 Å². The molecule has 1 aliphatic rings. The number of carbonyl (C=O) groups is 2. The molecule has 0 atom stereocenters. The maximum atomic E-state index is 13.2. The number of carbonyl (C=O) groups excluding carboxylic acids is 1. The molecule has 7 nitrogen and oxygen atoms in total. The second-order valence-electron chi connectivity index (χ2n) is 8.98. The van der Waals surface area contributed by atoms with Crippen LogP contribution in [0.3, 0.4) is 0 Å². The summed E-state index contributed by atoms with van der Waals surface area (Å²) >= 11 is 2.52. The number of nitrogens with zero attached hydrogens (tertiary/aromatic N) is 2. The van der Waals surface area contributed by atoms with E-state index >= 15 is 0 Å². The summed E-state index contributed by atoms with van der Waals surface area (Å²) in [4.78, 5) is 30.7. The molecule has 1 aromatic carbocycles. The van der Waals surface area contributed by atoms with E-state index in [1.807, 2.05) is 35.2 Å². The van der Waals surface area contributed by atoms with Crippen LogP contribution in [-0.2, 0) is 16.1 Å². The number of thioether (sulfide) groups is 1. The lowest BCUT2D eigenvalue weighted by molar-refractivity contribution is -0.138. The summed E-state index contributed by atoms with van der Waals surface area (Å²) in [5.41, 5.74) is 1.11. The van der Waals surface area contributed by atoms with Gasteiger partial charge in [-0.3, -0.25) is 10.1 Å². The lowest BCUT2D eigenvalue weighted by atomic mass is 9.86. The normalized spacial score (nSPS) is 18.6. The van der Waals surface area contributed by atoms with Gasteiger partial charge in [-0.15, -0.1) is 0 Å². The van der Waals surface area contributed by atoms with E-state index in [1.54, 1.807) is 20.0 Å². The molecule has 0 aliphatic heterocycles. The van der Waals surface area contributed by atoms with Gasteiger partial charge in [-0.05, 0) is 51.0 Å². The molecule has 1 fully saturated rings. The third-order valence-electron chi connectivity index (χ3n) is 5.84. The minimum atomic E-state index is -0.964. The number of aromatic nitrogens is 1. The van der Waals surface area contributed by atoms with E-state index < -0.39 is 10.7 Å². The van der Waals surface area contributed by atoms with Crippen molar-refractivity contribution in [2.24, 2.45) is 5.92 Å². The number of hydrogen-bond donors (Lipinski definition) is 2. The highest BCUT2D eigenvalue weighted by molar-refractivity contribution is 8.03. The minimum absolute atomic E-state index is 0.179. The number of amides is 2. The Morgan fingerprint density at radius 2 is 1.94 bits per heavy atom. The number of ether oxygens (including phenoxy) is 1. The van der Waals surface area contributed by atoms with Gasteiger partial charge in [0.25, 0.3) is 0 Å². The van der Waals surface area contributed by atoms with Gasteiger partial charge in [0.15, 0.2) is 5.13 Å². The van der Waals surface area contributed by atoms with Gasteiger partial charge in [-0.1, -0.05) is 60.4 Å². The molecule has 1 aromatic heterocycles. The topological polar surface area (TPSA) is 91.8 Å². The smallest absolute Gasteiger partial charge is 0.323 e. The van der Waals surface area contributed by atoms with E-state index in [-0.39, 0.29) is 12.1 Å². The highest BCUT2D eigenvalue weighted by atomic mass is 32.2. The number of hydrogen-bond acceptors (Lipinski definition) is 6. The number of urea groups is 1. The first-order chi connectivity index (χ1) is 15.7. The zero-order chi connectivity index (χ0) is 23.8. The van der Waals surface area contributed by atoms with Gasteiger partial charge >= 0.3 is 12.0 Å². The average Bonchev–Trinajstić information content (AvgIpc) is 3.21. The van der Waals surface area contributed by atoms with Crippen LogP contribution in [0, 0.1) is 5.92 Å². The second kappa shape index (κ2) is 11.9. The highest BCUT2D eigenvalue weighted by Crippen LogP contribution is 2.37. The van der Waals surface area contributed by atoms with Crippen molar-refractivity contribution in [3.05, 3.63) is 42.1 Å². The van der Waals surface area contributed by atoms with Crippen molar-refractivity contribution < 1.29 is 19.4 Å². The van der Waals surface area contributed by atoms with Crippen molar-refractivity contribution in [3.8, 4) is 0 Å². The van der Waals surface area contributed by atoms with E-state index in [1.165, 1.54) is 23.1 Å². The van der Waals surface area contributed by atoms with E-state index in [0.717, 1.165) is 35.5 Å². The third-order valence-corrected chi connectivity index (χ3v) is 8.04. The quantitative estimate of drug-likeness (QED) is 0.326. The van der Waals surface area contributed by atoms with Crippen molar-refractivity contribution >= 4 is 40.2 Å². The molecule has 0 unspecified atom stereocenters. The Balaban J connectivity index is 1.59. The summed E-state index contributed by atoms with van der Waals surface area (Å²) in [6, 6.07) is 10.0. The van der Waals surface area contributed by atoms with Gasteiger partial charge in [0.05, 0.1) is 23.6 Å². The number of nitrogens with one attached hydrogen (secondary N) is 1. The van der Waals surface area contributed by atoms with Crippen LogP contribution < -0.4 is 5.32 Å². The third kappa shape index (κ3) is 7.72. The first-order valence-corrected chi connectivity index (χ1v) is 13.0. The van der Waals surface area contributed by atoms with Crippen LogP contribution in [0.4, 0.5) is 9.93 Å². The van der Waals surface area contributed by atoms with E-state index in [9.17, 15) is 14.7 Å². The van der Waals surface area contributed by atoms with Crippen LogP contribution in [0.2, 0.25) is 0 Å². The van der Waals surface area contributed by atoms with Crippen molar-refractivity contribution in [1.82, 2.24) is 9.88 Å². The highest BCUT2D eigenvalue weighted by Gasteiger charge is 2.30. The van der Waals surface area contributed by atoms with Crippen LogP contribution >= 0.6 is 23.1 Å². The van der Waals surface area contributed by atoms with E-state index in [2.05, 4.69) is 17.2 Å². The van der Waals surface area contributed by atoms with Gasteiger partial charge in [0.2, 0.25) is 0 Å². The van der Waals surface area contributed by atoms with Gasteiger partial charge in [-0.2, -0.15) is 0 Å². The van der Waals surface area contributed by atoms with Crippen molar-refractivity contribution in [2.75, 3.05) is 18.5 Å². The Kier molecular flexibility index (Phi) is 9.17. The number of anilines is 1. The fourth-order valence-electron chi connectivity index (χ4n) is 3.75. The Labute approximate surface area is 203 Å². The maximum absolute atomic E-state index is 13.2. The van der Waals surface area contributed by atoms with Crippen molar-refractivity contribution in [1.29, 1.82) is 0 Å². The van der Waals surface area contributed by atoms with Gasteiger partial charge < -0.3 is 14.7 Å². The van der Waals surface area contributed by atoms with E-state index in [0.29, 0.717) is 30.8 Å². The standard InChI is InChI=1S/C24H33N3O4S2/c1-17-9-11-19(12-10-17)27(13-14-31-16-18-7-5-4-6-8-18)23(30)26-22-25-15-20(32-22)33-24(2,3)21(28)29/h4-8,15,17,19H,9-14,16H2,1-3H3,(H,28,29)(H,25,26,30). The number of thiazole rings is 1. The summed E-state index contributed by atoms with van der Waals surface area (Å²) in [5, 5.41) is 12.7. The fraction of sp³-hybridized carbons (Fsp3) is 0.542. The number of carboxylic acids is 1. The first-order valence-electron chi connectivity index (χ1n) is 11.3. The fourth-order valence-corrected chi connectivity index (χ4v) is 6.02. The second-order valence-corrected chi connectivity index (χ2v) is 11.9. The zero-order valence-electron chi connectivity index (χ0n) is 19.5. The molecular weight excluding hydrogens is 458 g/mol. The Morgan fingerprint density at radius 3 is 2.61 bits per heavy atom. The molecule has 1 aliphatic carbocycles. The SMILES string of the molecule is CC1CCC(N(CCOCc2ccccc2)C(=O)Nc2ncc(SC(C)(C)C(=O)O)s2)CC1. The van der Waals surface area contributed by atoms with Crippen molar-refractivity contribution in [3.63, 3.8) is 0 Å². The number of benzene rings is 1. The number of carboxylic acid groups (broad SMARTS) is 1. The summed E-state index contributed by atoms with van der Waals surface area (Å²) in [6.45, 7) is 7.05. The molecule has 1 heterocycles. The van der Waals surface area contributed by atoms with Crippen LogP contribution in [0.15, 0.2) is 40.7 Å². The molecular formula is C24H33N3O4S2. The molecule has 0 saturated heterocycles. The summed E-state index contributed by atoms with van der Waals surface area (Å²) in [6.07, 6.45) is 5.81. The number of aliphatic carboxylic acids is 1. The van der Waals surface area contributed by atoms with Gasteiger partial charge in [0, 0.05) is 12.6 Å². The number of rotatable bonds is 10. The largest absolute Gasteiger partial charge is 0.480 e. The monoisotopic (exact) mass is 491 g/mol. The molecule has 3 rings (SSSR count). The maximum Gasteiger partial charge on any atom is 0.323 e. The molecule has 0 spiro atoms. The Bertz CT molecular complexity index is 911. The molecule has 0 bridgehead atoms. The zero-order valence-corrected chi connectivity index (χ0v) is 21.1. The molecule has 9 heteroatoms. The van der Waals surface area contributed by atoms with Crippen LogP contribution in [0.25, 0.3) is 0 Å². The van der Waals surface area contributed by atoms with Crippen LogP contribution in [-0.4, -0.2) is 50.9 Å². The van der Waals surface area contributed by atoms with Gasteiger partial charge in [0.1, 0.15) is 4.75 Å².